The van der Waals surface area contributed by atoms with Gasteiger partial charge in [0.15, 0.2) is 0 Å². The van der Waals surface area contributed by atoms with Crippen LogP contribution < -0.4 is 0 Å². The van der Waals surface area contributed by atoms with E-state index in [1.807, 2.05) is 18.2 Å². The molecular formula is C41H60O7. The standard InChI is InChI=1S/C31H50O4.C10H10O3/c1-20(2)7-6-8-21(3)26-11-12-27-25-10-9-22-17-23(35-29(32)34-19-24-18-33-24)13-15-30(22,4)28(25)14-16-31(26,27)5;11-10(13-7-9-6-12-9)8-4-2-1-3-5-8/h9,20-21,23-28H,6-8,10-19H2,1-5H3;1-5,9H,6-7H2/t21?,23-,24?,25?,26?,27?,28?,30?,31?;/m0./s1. The zero-order chi connectivity index (χ0) is 33.9. The lowest BCUT2D eigenvalue weighted by molar-refractivity contribution is -0.0618. The van der Waals surface area contributed by atoms with Crippen LogP contribution in [-0.2, 0) is 23.7 Å². The van der Waals surface area contributed by atoms with Gasteiger partial charge in [-0.25, -0.2) is 9.59 Å². The van der Waals surface area contributed by atoms with E-state index in [9.17, 15) is 9.59 Å². The summed E-state index contributed by atoms with van der Waals surface area (Å²) in [4.78, 5) is 23.4. The fourth-order valence-corrected chi connectivity index (χ4v) is 10.2. The molecule has 0 aromatic heterocycles. The summed E-state index contributed by atoms with van der Waals surface area (Å²) in [5, 5.41) is 0. The van der Waals surface area contributed by atoms with Crippen LogP contribution in [0.3, 0.4) is 0 Å². The highest BCUT2D eigenvalue weighted by Gasteiger charge is 2.59. The lowest BCUT2D eigenvalue weighted by Crippen LogP contribution is -2.51. The van der Waals surface area contributed by atoms with Gasteiger partial charge in [-0.3, -0.25) is 0 Å². The second-order valence-electron chi connectivity index (χ2n) is 16.7. The van der Waals surface area contributed by atoms with E-state index in [1.165, 1.54) is 51.4 Å². The molecule has 266 valence electrons. The molecule has 3 saturated carbocycles. The van der Waals surface area contributed by atoms with E-state index in [1.54, 1.807) is 17.7 Å². The Kier molecular flexibility index (Phi) is 11.3. The second kappa shape index (κ2) is 15.2. The van der Waals surface area contributed by atoms with Crippen molar-refractivity contribution in [2.75, 3.05) is 26.4 Å². The van der Waals surface area contributed by atoms with E-state index >= 15 is 0 Å². The highest BCUT2D eigenvalue weighted by atomic mass is 16.7. The third kappa shape index (κ3) is 8.31. The molecule has 2 aliphatic heterocycles. The topological polar surface area (TPSA) is 86.9 Å². The largest absolute Gasteiger partial charge is 0.508 e. The van der Waals surface area contributed by atoms with Crippen molar-refractivity contribution in [1.82, 2.24) is 0 Å². The molecule has 4 aliphatic carbocycles. The minimum absolute atomic E-state index is 0.0325. The van der Waals surface area contributed by atoms with Crippen molar-refractivity contribution in [3.05, 3.63) is 47.5 Å². The third-order valence-corrected chi connectivity index (χ3v) is 13.1. The Labute approximate surface area is 288 Å². The molecule has 48 heavy (non-hydrogen) atoms. The summed E-state index contributed by atoms with van der Waals surface area (Å²) in [7, 11) is 0. The number of benzene rings is 1. The Hall–Kier alpha value is -2.38. The van der Waals surface area contributed by atoms with Gasteiger partial charge < -0.3 is 23.7 Å². The number of fused-ring (bicyclic) bond motifs is 5. The second-order valence-corrected chi connectivity index (χ2v) is 16.7. The Bertz CT molecular complexity index is 1270. The van der Waals surface area contributed by atoms with Crippen LogP contribution in [0.25, 0.3) is 0 Å². The van der Waals surface area contributed by atoms with E-state index < -0.39 is 6.16 Å². The molecule has 0 amide bonds. The van der Waals surface area contributed by atoms with Gasteiger partial charge in [0.1, 0.15) is 31.5 Å². The maximum absolute atomic E-state index is 12.1. The first-order valence-electron chi connectivity index (χ1n) is 19.0. The number of hydrogen-bond donors (Lipinski definition) is 0. The number of hydrogen-bond acceptors (Lipinski definition) is 7. The maximum Gasteiger partial charge on any atom is 0.508 e. The molecule has 7 rings (SSSR count). The number of rotatable bonds is 11. The molecule has 0 bridgehead atoms. The summed E-state index contributed by atoms with van der Waals surface area (Å²) in [5.74, 6) is 4.86. The number of epoxide rings is 2. The highest BCUT2D eigenvalue weighted by Crippen LogP contribution is 2.67. The summed E-state index contributed by atoms with van der Waals surface area (Å²) < 4.78 is 26.0. The monoisotopic (exact) mass is 664 g/mol. The van der Waals surface area contributed by atoms with Gasteiger partial charge in [-0.15, -0.1) is 0 Å². The van der Waals surface area contributed by atoms with Crippen LogP contribution >= 0.6 is 0 Å². The van der Waals surface area contributed by atoms with Crippen LogP contribution in [0, 0.1) is 46.3 Å². The molecule has 1 aromatic rings. The predicted molar refractivity (Wildman–Crippen MR) is 185 cm³/mol. The smallest absolute Gasteiger partial charge is 0.459 e. The van der Waals surface area contributed by atoms with Crippen LogP contribution in [0.5, 0.6) is 0 Å². The quantitative estimate of drug-likeness (QED) is 0.132. The van der Waals surface area contributed by atoms with Crippen LogP contribution in [0.15, 0.2) is 42.0 Å². The van der Waals surface area contributed by atoms with E-state index in [4.69, 9.17) is 23.7 Å². The van der Waals surface area contributed by atoms with E-state index in [0.29, 0.717) is 37.4 Å². The van der Waals surface area contributed by atoms with Gasteiger partial charge in [0, 0.05) is 6.42 Å². The normalized spacial score (nSPS) is 36.6. The van der Waals surface area contributed by atoms with Gasteiger partial charge >= 0.3 is 12.1 Å². The third-order valence-electron chi connectivity index (χ3n) is 13.1. The van der Waals surface area contributed by atoms with Crippen LogP contribution in [0.1, 0.15) is 116 Å². The van der Waals surface area contributed by atoms with E-state index in [0.717, 1.165) is 54.8 Å². The number of esters is 1. The first kappa shape index (κ1) is 35.4. The van der Waals surface area contributed by atoms with Crippen molar-refractivity contribution < 1.29 is 33.3 Å². The molecule has 0 radical (unpaired) electrons. The number of carbonyl (C=O) groups excluding carboxylic acids is 2. The van der Waals surface area contributed by atoms with Gasteiger partial charge in [-0.05, 0) is 103 Å². The summed E-state index contributed by atoms with van der Waals surface area (Å²) in [6.45, 7) is 14.6. The molecule has 7 heteroatoms. The summed E-state index contributed by atoms with van der Waals surface area (Å²) in [5.41, 5.74) is 2.98. The SMILES string of the molecule is CC(C)CCCC(C)C1CCC2C3CC=C4C[C@@H](OC(=O)OCC5CO5)CCC4(C)C3CCC12C.O=C(OCC1CO1)c1ccccc1. The predicted octanol–water partition coefficient (Wildman–Crippen LogP) is 9.19. The zero-order valence-electron chi connectivity index (χ0n) is 30.1. The van der Waals surface area contributed by atoms with E-state index in [-0.39, 0.29) is 29.7 Å². The highest BCUT2D eigenvalue weighted by molar-refractivity contribution is 5.89. The number of ether oxygens (including phenoxy) is 5. The Balaban J connectivity index is 0.000000257. The molecule has 2 saturated heterocycles. The summed E-state index contributed by atoms with van der Waals surface area (Å²) in [6, 6.07) is 8.95. The van der Waals surface area contributed by atoms with Crippen molar-refractivity contribution >= 4 is 12.1 Å². The first-order valence-corrected chi connectivity index (χ1v) is 19.0. The molecule has 0 spiro atoms. The molecule has 1 aromatic carbocycles. The minimum atomic E-state index is -0.517. The van der Waals surface area contributed by atoms with Crippen molar-refractivity contribution in [1.29, 1.82) is 0 Å². The zero-order valence-corrected chi connectivity index (χ0v) is 30.1. The fraction of sp³-hybridized carbons (Fsp3) is 0.756. The average molecular weight is 665 g/mol. The lowest BCUT2D eigenvalue weighted by atomic mass is 9.47. The van der Waals surface area contributed by atoms with Crippen LogP contribution in [0.4, 0.5) is 4.79 Å². The van der Waals surface area contributed by atoms with Gasteiger partial charge in [0.25, 0.3) is 0 Å². The molecule has 7 nitrogen and oxygen atoms in total. The molecule has 9 unspecified atom stereocenters. The van der Waals surface area contributed by atoms with Crippen molar-refractivity contribution in [3.63, 3.8) is 0 Å². The van der Waals surface area contributed by atoms with E-state index in [2.05, 4.69) is 40.7 Å². The van der Waals surface area contributed by atoms with Gasteiger partial charge in [-0.2, -0.15) is 0 Å². The van der Waals surface area contributed by atoms with Gasteiger partial charge in [-0.1, -0.05) is 83.7 Å². The van der Waals surface area contributed by atoms with Crippen molar-refractivity contribution in [2.45, 2.75) is 124 Å². The first-order chi connectivity index (χ1) is 23.1. The molecule has 5 fully saturated rings. The minimum Gasteiger partial charge on any atom is -0.459 e. The van der Waals surface area contributed by atoms with Crippen LogP contribution in [-0.4, -0.2) is 56.9 Å². The molecule has 10 atom stereocenters. The Morgan fingerprint density at radius 1 is 0.875 bits per heavy atom. The average Bonchev–Trinajstić information content (AvgIpc) is 4.01. The summed E-state index contributed by atoms with van der Waals surface area (Å²) in [6.07, 6.45) is 16.4. The van der Waals surface area contributed by atoms with Crippen molar-refractivity contribution in [3.8, 4) is 0 Å². The maximum atomic E-state index is 12.1. The molecule has 2 heterocycles. The molecular weight excluding hydrogens is 604 g/mol. The summed E-state index contributed by atoms with van der Waals surface area (Å²) >= 11 is 0. The Morgan fingerprint density at radius 3 is 2.27 bits per heavy atom. The Morgan fingerprint density at radius 2 is 1.58 bits per heavy atom. The molecule has 6 aliphatic rings. The van der Waals surface area contributed by atoms with Crippen molar-refractivity contribution in [2.24, 2.45) is 46.3 Å². The van der Waals surface area contributed by atoms with Crippen LogP contribution in [0.2, 0.25) is 0 Å². The fourth-order valence-electron chi connectivity index (χ4n) is 10.2. The molecule has 0 N–H and O–H groups in total. The number of carbonyl (C=O) groups is 2. The lowest BCUT2D eigenvalue weighted by Gasteiger charge is -2.58. The van der Waals surface area contributed by atoms with Gasteiger partial charge in [0.05, 0.1) is 18.8 Å². The number of allylic oxidation sites excluding steroid dienone is 1. The van der Waals surface area contributed by atoms with Gasteiger partial charge in [0.2, 0.25) is 0 Å².